The molecule has 6 nitrogen and oxygen atoms in total. The predicted octanol–water partition coefficient (Wildman–Crippen LogP) is 3.31. The van der Waals surface area contributed by atoms with Gasteiger partial charge in [-0.3, -0.25) is 9.59 Å². The number of hydrogen-bond donors (Lipinski definition) is 2. The van der Waals surface area contributed by atoms with E-state index in [1.165, 1.54) is 25.3 Å². The molecular formula is C18H15Cl2N3O3. The van der Waals surface area contributed by atoms with Crippen LogP contribution in [0.15, 0.2) is 42.5 Å². The van der Waals surface area contributed by atoms with Gasteiger partial charge in [-0.2, -0.15) is 5.26 Å². The molecule has 0 aliphatic carbocycles. The minimum atomic E-state index is -0.919. The van der Waals surface area contributed by atoms with Crippen LogP contribution in [0.4, 0.5) is 5.69 Å². The zero-order chi connectivity index (χ0) is 19.1. The molecule has 0 aliphatic heterocycles. The van der Waals surface area contributed by atoms with Crippen molar-refractivity contribution in [2.75, 3.05) is 19.0 Å². The second kappa shape index (κ2) is 9.20. The van der Waals surface area contributed by atoms with Crippen molar-refractivity contribution in [2.45, 2.75) is 6.10 Å². The van der Waals surface area contributed by atoms with Crippen LogP contribution in [0, 0.1) is 11.3 Å². The van der Waals surface area contributed by atoms with Crippen molar-refractivity contribution in [3.8, 4) is 6.07 Å². The Bertz CT molecular complexity index is 865. The molecule has 26 heavy (non-hydrogen) atoms. The highest BCUT2D eigenvalue weighted by molar-refractivity contribution is 6.40. The molecule has 0 saturated heterocycles. The third-order valence-electron chi connectivity index (χ3n) is 3.54. The number of carbonyl (C=O) groups excluding carboxylic acids is 2. The highest BCUT2D eigenvalue weighted by Crippen LogP contribution is 2.24. The first-order valence-corrected chi connectivity index (χ1v) is 8.28. The number of hydrogen-bond acceptors (Lipinski definition) is 4. The fourth-order valence-electron chi connectivity index (χ4n) is 2.22. The van der Waals surface area contributed by atoms with E-state index in [4.69, 9.17) is 33.2 Å². The van der Waals surface area contributed by atoms with E-state index in [1.54, 1.807) is 24.3 Å². The molecule has 134 valence electrons. The Kier molecular flexibility index (Phi) is 6.98. The summed E-state index contributed by atoms with van der Waals surface area (Å²) in [4.78, 5) is 24.1. The number of methoxy groups -OCH3 is 1. The van der Waals surface area contributed by atoms with Crippen molar-refractivity contribution in [3.05, 3.63) is 63.6 Å². The van der Waals surface area contributed by atoms with E-state index >= 15 is 0 Å². The van der Waals surface area contributed by atoms with Crippen molar-refractivity contribution in [2.24, 2.45) is 0 Å². The summed E-state index contributed by atoms with van der Waals surface area (Å²) >= 11 is 12.0. The average Bonchev–Trinajstić information content (AvgIpc) is 2.63. The molecule has 1 atom stereocenters. The maximum absolute atomic E-state index is 12.1. The first-order valence-electron chi connectivity index (χ1n) is 7.52. The van der Waals surface area contributed by atoms with E-state index in [1.807, 2.05) is 6.07 Å². The second-order valence-corrected chi connectivity index (χ2v) is 6.06. The lowest BCUT2D eigenvalue weighted by Gasteiger charge is -2.17. The smallest absolute Gasteiger partial charge is 0.313 e. The van der Waals surface area contributed by atoms with Crippen molar-refractivity contribution in [1.82, 2.24) is 5.32 Å². The van der Waals surface area contributed by atoms with Crippen LogP contribution in [0.25, 0.3) is 0 Å². The molecule has 2 aromatic rings. The van der Waals surface area contributed by atoms with Gasteiger partial charge in [-0.15, -0.1) is 0 Å². The quantitative estimate of drug-likeness (QED) is 0.764. The molecule has 0 radical (unpaired) electrons. The first kappa shape index (κ1) is 19.7. The number of nitrogens with one attached hydrogen (secondary N) is 2. The summed E-state index contributed by atoms with van der Waals surface area (Å²) in [6, 6.07) is 13.3. The molecular weight excluding hydrogens is 377 g/mol. The normalized spacial score (nSPS) is 11.3. The number of rotatable bonds is 5. The van der Waals surface area contributed by atoms with Crippen LogP contribution in [0.2, 0.25) is 10.0 Å². The summed E-state index contributed by atoms with van der Waals surface area (Å²) < 4.78 is 5.33. The molecule has 2 rings (SSSR count). The van der Waals surface area contributed by atoms with Crippen LogP contribution < -0.4 is 10.6 Å². The van der Waals surface area contributed by atoms with Gasteiger partial charge in [0.2, 0.25) is 0 Å². The SMILES string of the molecule is COC(CNC(=O)C(=O)Nc1cc(Cl)ccc1C#N)c1ccccc1Cl. The Morgan fingerprint density at radius 1 is 1.19 bits per heavy atom. The van der Waals surface area contributed by atoms with Crippen molar-refractivity contribution >= 4 is 40.7 Å². The number of ether oxygens (including phenoxy) is 1. The van der Waals surface area contributed by atoms with E-state index in [0.29, 0.717) is 15.6 Å². The number of benzene rings is 2. The standard InChI is InChI=1S/C18H15Cl2N3O3/c1-26-16(13-4-2-3-5-14(13)20)10-22-17(24)18(25)23-15-8-12(19)7-6-11(15)9-21/h2-8,16H,10H2,1H3,(H,22,24)(H,23,25). The van der Waals surface area contributed by atoms with E-state index in [-0.39, 0.29) is 17.8 Å². The molecule has 2 aromatic carbocycles. The van der Waals surface area contributed by atoms with Gasteiger partial charge in [0.25, 0.3) is 0 Å². The van der Waals surface area contributed by atoms with E-state index in [9.17, 15) is 9.59 Å². The maximum atomic E-state index is 12.1. The first-order chi connectivity index (χ1) is 12.5. The summed E-state index contributed by atoms with van der Waals surface area (Å²) in [6.07, 6.45) is -0.513. The molecule has 0 fully saturated rings. The average molecular weight is 392 g/mol. The molecule has 0 spiro atoms. The number of nitriles is 1. The zero-order valence-electron chi connectivity index (χ0n) is 13.8. The molecule has 8 heteroatoms. The van der Waals surface area contributed by atoms with Gasteiger partial charge in [0, 0.05) is 29.3 Å². The number of nitrogens with zero attached hydrogens (tertiary/aromatic N) is 1. The minimum Gasteiger partial charge on any atom is -0.375 e. The molecule has 0 saturated carbocycles. The number of halogens is 2. The molecule has 0 aromatic heterocycles. The van der Waals surface area contributed by atoms with Crippen LogP contribution >= 0.6 is 23.2 Å². The summed E-state index contributed by atoms with van der Waals surface area (Å²) in [6.45, 7) is 0.0487. The lowest BCUT2D eigenvalue weighted by atomic mass is 10.1. The number of carbonyl (C=O) groups is 2. The van der Waals surface area contributed by atoms with Gasteiger partial charge in [0.05, 0.1) is 11.3 Å². The molecule has 2 amide bonds. The summed E-state index contributed by atoms with van der Waals surface area (Å²) in [5.41, 5.74) is 1.05. The Morgan fingerprint density at radius 3 is 2.58 bits per heavy atom. The minimum absolute atomic E-state index is 0.0487. The molecule has 0 heterocycles. The monoisotopic (exact) mass is 391 g/mol. The van der Waals surface area contributed by atoms with Crippen molar-refractivity contribution in [3.63, 3.8) is 0 Å². The van der Waals surface area contributed by atoms with Crippen LogP contribution in [0.3, 0.4) is 0 Å². The fraction of sp³-hybridized carbons (Fsp3) is 0.167. The highest BCUT2D eigenvalue weighted by atomic mass is 35.5. The van der Waals surface area contributed by atoms with Crippen LogP contribution in [-0.2, 0) is 14.3 Å². The summed E-state index contributed by atoms with van der Waals surface area (Å²) in [7, 11) is 1.48. The lowest BCUT2D eigenvalue weighted by molar-refractivity contribution is -0.136. The molecule has 1 unspecified atom stereocenters. The van der Waals surface area contributed by atoms with Gasteiger partial charge < -0.3 is 15.4 Å². The maximum Gasteiger partial charge on any atom is 0.313 e. The lowest BCUT2D eigenvalue weighted by Crippen LogP contribution is -2.38. The van der Waals surface area contributed by atoms with Crippen LogP contribution in [0.5, 0.6) is 0 Å². The topological polar surface area (TPSA) is 91.2 Å². The summed E-state index contributed by atoms with van der Waals surface area (Å²) in [5, 5.41) is 14.7. The molecule has 0 aliphatic rings. The van der Waals surface area contributed by atoms with E-state index in [0.717, 1.165) is 0 Å². The summed E-state index contributed by atoms with van der Waals surface area (Å²) in [5.74, 6) is -1.79. The second-order valence-electron chi connectivity index (χ2n) is 5.21. The van der Waals surface area contributed by atoms with Crippen LogP contribution in [-0.4, -0.2) is 25.5 Å². The third kappa shape index (κ3) is 4.96. The van der Waals surface area contributed by atoms with Crippen molar-refractivity contribution in [1.29, 1.82) is 5.26 Å². The van der Waals surface area contributed by atoms with Crippen molar-refractivity contribution < 1.29 is 14.3 Å². The molecule has 2 N–H and O–H groups in total. The third-order valence-corrected chi connectivity index (χ3v) is 4.12. The highest BCUT2D eigenvalue weighted by Gasteiger charge is 2.19. The van der Waals surface area contributed by atoms with E-state index < -0.39 is 17.9 Å². The van der Waals surface area contributed by atoms with Crippen LogP contribution in [0.1, 0.15) is 17.2 Å². The Hall–Kier alpha value is -2.59. The van der Waals surface area contributed by atoms with Gasteiger partial charge in [0.1, 0.15) is 12.2 Å². The van der Waals surface area contributed by atoms with Gasteiger partial charge in [-0.25, -0.2) is 0 Å². The Labute approximate surface area is 160 Å². The van der Waals surface area contributed by atoms with Gasteiger partial charge in [0.15, 0.2) is 0 Å². The van der Waals surface area contributed by atoms with Gasteiger partial charge >= 0.3 is 11.8 Å². The fourth-order valence-corrected chi connectivity index (χ4v) is 2.65. The Morgan fingerprint density at radius 2 is 1.92 bits per heavy atom. The molecule has 0 bridgehead atoms. The number of amides is 2. The van der Waals surface area contributed by atoms with E-state index in [2.05, 4.69) is 10.6 Å². The zero-order valence-corrected chi connectivity index (χ0v) is 15.3. The Balaban J connectivity index is 2.01. The van der Waals surface area contributed by atoms with Gasteiger partial charge in [-0.05, 0) is 24.3 Å². The predicted molar refractivity (Wildman–Crippen MR) is 99.0 cm³/mol. The van der Waals surface area contributed by atoms with Gasteiger partial charge in [-0.1, -0.05) is 41.4 Å². The number of anilines is 1. The largest absolute Gasteiger partial charge is 0.375 e.